The van der Waals surface area contributed by atoms with Gasteiger partial charge in [-0.2, -0.15) is 0 Å². The van der Waals surface area contributed by atoms with Crippen LogP contribution in [0.25, 0.3) is 0 Å². The predicted octanol–water partition coefficient (Wildman–Crippen LogP) is 4.19. The third kappa shape index (κ3) is 3.86. The summed E-state index contributed by atoms with van der Waals surface area (Å²) in [5.41, 5.74) is 1.26. The Bertz CT molecular complexity index is 438. The average Bonchev–Trinajstić information content (AvgIpc) is 2.52. The highest BCUT2D eigenvalue weighted by atomic mass is 15.2. The number of hydrogen-bond acceptors (Lipinski definition) is 4. The van der Waals surface area contributed by atoms with Crippen molar-refractivity contribution in [2.45, 2.75) is 71.3 Å². The summed E-state index contributed by atoms with van der Waals surface area (Å²) >= 11 is 0. The molecule has 2 rings (SSSR count). The Morgan fingerprint density at radius 1 is 1.24 bits per heavy atom. The summed E-state index contributed by atoms with van der Waals surface area (Å²) in [6.45, 7) is 7.60. The van der Waals surface area contributed by atoms with Crippen molar-refractivity contribution in [3.63, 3.8) is 0 Å². The molecule has 0 amide bonds. The molecule has 4 heteroatoms. The first kappa shape index (κ1) is 16.1. The van der Waals surface area contributed by atoms with Crippen LogP contribution in [0.4, 0.5) is 11.6 Å². The van der Waals surface area contributed by atoms with Crippen LogP contribution in [-0.4, -0.2) is 29.6 Å². The van der Waals surface area contributed by atoms with Gasteiger partial charge in [-0.3, -0.25) is 0 Å². The van der Waals surface area contributed by atoms with Gasteiger partial charge in [0, 0.05) is 25.2 Å². The van der Waals surface area contributed by atoms with Crippen LogP contribution < -0.4 is 10.2 Å². The maximum absolute atomic E-state index is 4.62. The van der Waals surface area contributed by atoms with Crippen molar-refractivity contribution in [3.05, 3.63) is 11.9 Å². The number of aromatic nitrogens is 2. The van der Waals surface area contributed by atoms with Crippen molar-refractivity contribution in [2.24, 2.45) is 0 Å². The van der Waals surface area contributed by atoms with E-state index >= 15 is 0 Å². The molecule has 118 valence electrons. The van der Waals surface area contributed by atoms with Gasteiger partial charge < -0.3 is 10.2 Å². The van der Waals surface area contributed by atoms with Gasteiger partial charge in [-0.1, -0.05) is 40.0 Å². The lowest BCUT2D eigenvalue weighted by Gasteiger charge is -2.34. The van der Waals surface area contributed by atoms with E-state index in [1.54, 1.807) is 6.33 Å². The summed E-state index contributed by atoms with van der Waals surface area (Å²) in [4.78, 5) is 11.5. The van der Waals surface area contributed by atoms with E-state index < -0.39 is 0 Å². The smallest absolute Gasteiger partial charge is 0.137 e. The molecule has 0 radical (unpaired) electrons. The minimum atomic E-state index is 0.423. The summed E-state index contributed by atoms with van der Waals surface area (Å²) in [6, 6.07) is 0.630. The number of anilines is 2. The van der Waals surface area contributed by atoms with Crippen LogP contribution in [0.15, 0.2) is 6.33 Å². The zero-order chi connectivity index (χ0) is 15.2. The highest BCUT2D eigenvalue weighted by Gasteiger charge is 2.24. The Hall–Kier alpha value is -1.32. The van der Waals surface area contributed by atoms with Crippen molar-refractivity contribution < 1.29 is 0 Å². The zero-order valence-corrected chi connectivity index (χ0v) is 14.0. The Labute approximate surface area is 129 Å². The zero-order valence-electron chi connectivity index (χ0n) is 14.0. The second-order valence-electron chi connectivity index (χ2n) is 6.44. The van der Waals surface area contributed by atoms with Gasteiger partial charge in [0.2, 0.25) is 0 Å². The SMILES string of the molecule is CCCNc1ncnc(N(C)C2CCCCC2)c1C(C)C. The second kappa shape index (κ2) is 7.62. The number of nitrogens with one attached hydrogen (secondary N) is 1. The predicted molar refractivity (Wildman–Crippen MR) is 90.2 cm³/mol. The molecule has 0 atom stereocenters. The van der Waals surface area contributed by atoms with Gasteiger partial charge in [0.05, 0.1) is 0 Å². The van der Waals surface area contributed by atoms with E-state index in [4.69, 9.17) is 0 Å². The molecule has 1 aromatic heterocycles. The molecule has 1 aliphatic rings. The van der Waals surface area contributed by atoms with Gasteiger partial charge in [0.1, 0.15) is 18.0 Å². The van der Waals surface area contributed by atoms with E-state index in [9.17, 15) is 0 Å². The van der Waals surface area contributed by atoms with Crippen molar-refractivity contribution in [3.8, 4) is 0 Å². The number of hydrogen-bond donors (Lipinski definition) is 1. The van der Waals surface area contributed by atoms with Crippen LogP contribution in [-0.2, 0) is 0 Å². The Kier molecular flexibility index (Phi) is 5.83. The van der Waals surface area contributed by atoms with E-state index in [1.165, 1.54) is 37.7 Å². The third-order valence-electron chi connectivity index (χ3n) is 4.44. The molecule has 0 spiro atoms. The van der Waals surface area contributed by atoms with E-state index in [0.717, 1.165) is 24.6 Å². The van der Waals surface area contributed by atoms with E-state index in [-0.39, 0.29) is 0 Å². The topological polar surface area (TPSA) is 41.1 Å². The van der Waals surface area contributed by atoms with E-state index in [2.05, 4.69) is 48.0 Å². The maximum atomic E-state index is 4.62. The molecule has 0 bridgehead atoms. The van der Waals surface area contributed by atoms with Crippen LogP contribution in [0.3, 0.4) is 0 Å². The normalized spacial score (nSPS) is 16.2. The van der Waals surface area contributed by atoms with Gasteiger partial charge in [0.25, 0.3) is 0 Å². The maximum Gasteiger partial charge on any atom is 0.137 e. The van der Waals surface area contributed by atoms with Crippen molar-refractivity contribution in [2.75, 3.05) is 23.8 Å². The third-order valence-corrected chi connectivity index (χ3v) is 4.44. The van der Waals surface area contributed by atoms with Gasteiger partial charge in [-0.15, -0.1) is 0 Å². The molecule has 21 heavy (non-hydrogen) atoms. The lowest BCUT2D eigenvalue weighted by molar-refractivity contribution is 0.425. The lowest BCUT2D eigenvalue weighted by Crippen LogP contribution is -2.35. The fourth-order valence-electron chi connectivity index (χ4n) is 3.22. The first-order valence-electron chi connectivity index (χ1n) is 8.46. The summed E-state index contributed by atoms with van der Waals surface area (Å²) in [5.74, 6) is 2.55. The van der Waals surface area contributed by atoms with E-state index in [0.29, 0.717) is 12.0 Å². The standard InChI is InChI=1S/C17H30N4/c1-5-11-18-16-15(13(2)3)17(20-12-19-16)21(4)14-9-7-6-8-10-14/h12-14H,5-11H2,1-4H3,(H,18,19,20). The molecular weight excluding hydrogens is 260 g/mol. The molecule has 0 aromatic carbocycles. The number of rotatable bonds is 6. The molecule has 4 nitrogen and oxygen atoms in total. The molecular formula is C17H30N4. The molecule has 0 saturated heterocycles. The fraction of sp³-hybridized carbons (Fsp3) is 0.765. The quantitative estimate of drug-likeness (QED) is 0.853. The average molecular weight is 290 g/mol. The summed E-state index contributed by atoms with van der Waals surface area (Å²) < 4.78 is 0. The molecule has 1 fully saturated rings. The van der Waals surface area contributed by atoms with Gasteiger partial charge in [0.15, 0.2) is 0 Å². The summed E-state index contributed by atoms with van der Waals surface area (Å²) in [6.07, 6.45) is 9.46. The first-order chi connectivity index (χ1) is 10.1. The van der Waals surface area contributed by atoms with Crippen molar-refractivity contribution >= 4 is 11.6 Å². The van der Waals surface area contributed by atoms with Gasteiger partial charge >= 0.3 is 0 Å². The molecule has 0 unspecified atom stereocenters. The minimum absolute atomic E-state index is 0.423. The Balaban J connectivity index is 2.28. The number of nitrogens with zero attached hydrogens (tertiary/aromatic N) is 3. The van der Waals surface area contributed by atoms with Crippen LogP contribution in [0.1, 0.15) is 70.8 Å². The molecule has 1 aromatic rings. The van der Waals surface area contributed by atoms with Crippen molar-refractivity contribution in [1.82, 2.24) is 9.97 Å². The molecule has 1 aliphatic carbocycles. The largest absolute Gasteiger partial charge is 0.370 e. The summed E-state index contributed by atoms with van der Waals surface area (Å²) in [5, 5.41) is 3.46. The van der Waals surface area contributed by atoms with Gasteiger partial charge in [-0.25, -0.2) is 9.97 Å². The van der Waals surface area contributed by atoms with Crippen LogP contribution >= 0.6 is 0 Å². The molecule has 1 heterocycles. The van der Waals surface area contributed by atoms with Crippen LogP contribution in [0.2, 0.25) is 0 Å². The van der Waals surface area contributed by atoms with Crippen molar-refractivity contribution in [1.29, 1.82) is 0 Å². The minimum Gasteiger partial charge on any atom is -0.370 e. The van der Waals surface area contributed by atoms with Crippen LogP contribution in [0, 0.1) is 0 Å². The Morgan fingerprint density at radius 3 is 2.57 bits per heavy atom. The first-order valence-corrected chi connectivity index (χ1v) is 8.46. The Morgan fingerprint density at radius 2 is 1.95 bits per heavy atom. The molecule has 1 saturated carbocycles. The highest BCUT2D eigenvalue weighted by molar-refractivity contribution is 5.60. The van der Waals surface area contributed by atoms with Crippen LogP contribution in [0.5, 0.6) is 0 Å². The highest BCUT2D eigenvalue weighted by Crippen LogP contribution is 2.33. The lowest BCUT2D eigenvalue weighted by atomic mass is 9.93. The molecule has 0 aliphatic heterocycles. The van der Waals surface area contributed by atoms with E-state index in [1.807, 2.05) is 0 Å². The monoisotopic (exact) mass is 290 g/mol. The fourth-order valence-corrected chi connectivity index (χ4v) is 3.22. The summed E-state index contributed by atoms with van der Waals surface area (Å²) in [7, 11) is 2.20. The molecule has 1 N–H and O–H groups in total. The second-order valence-corrected chi connectivity index (χ2v) is 6.44. The van der Waals surface area contributed by atoms with Gasteiger partial charge in [-0.05, 0) is 25.2 Å².